The number of non-ortho nitro benzene ring substituents is 1. The molecule has 0 atom stereocenters. The van der Waals surface area contributed by atoms with Gasteiger partial charge in [0.2, 0.25) is 0 Å². The van der Waals surface area contributed by atoms with Gasteiger partial charge >= 0.3 is 0 Å². The van der Waals surface area contributed by atoms with Crippen LogP contribution in [0.2, 0.25) is 0 Å². The fraction of sp³-hybridized carbons (Fsp3) is 0.538. The van der Waals surface area contributed by atoms with Gasteiger partial charge in [-0.3, -0.25) is 10.1 Å². The largest absolute Gasteiger partial charge is 0.313 e. The van der Waals surface area contributed by atoms with Gasteiger partial charge in [0.1, 0.15) is 0 Å². The monoisotopic (exact) mass is 314 g/mol. The zero-order valence-corrected chi connectivity index (χ0v) is 12.6. The van der Waals surface area contributed by atoms with Crippen LogP contribution < -0.4 is 5.32 Å². The van der Waals surface area contributed by atoms with E-state index in [0.717, 1.165) is 23.0 Å². The fourth-order valence-corrected chi connectivity index (χ4v) is 1.99. The molecule has 1 aromatic rings. The van der Waals surface area contributed by atoms with E-state index in [1.165, 1.54) is 6.07 Å². The summed E-state index contributed by atoms with van der Waals surface area (Å²) < 4.78 is 0.778. The lowest BCUT2D eigenvalue weighted by atomic mass is 9.92. The molecule has 0 aliphatic heterocycles. The van der Waals surface area contributed by atoms with Crippen LogP contribution in [0.4, 0.5) is 5.69 Å². The molecule has 5 heteroatoms. The Morgan fingerprint density at radius 2 is 2.06 bits per heavy atom. The van der Waals surface area contributed by atoms with Crippen LogP contribution in [0, 0.1) is 15.5 Å². The van der Waals surface area contributed by atoms with Gasteiger partial charge < -0.3 is 5.32 Å². The fourth-order valence-electron chi connectivity index (χ4n) is 1.48. The first-order chi connectivity index (χ1) is 8.29. The van der Waals surface area contributed by atoms with Gasteiger partial charge in [0.15, 0.2) is 0 Å². The Morgan fingerprint density at radius 3 is 2.56 bits per heavy atom. The van der Waals surface area contributed by atoms with E-state index in [0.29, 0.717) is 12.0 Å². The number of halogens is 1. The highest BCUT2D eigenvalue weighted by Gasteiger charge is 2.10. The minimum absolute atomic E-state index is 0.111. The standard InChI is InChI=1S/C13H19BrN2O2/c1-13(2,3)6-7-15-9-10-4-5-11(16(17)18)8-12(10)14/h4-5,8,15H,6-7,9H2,1-3H3. The molecule has 0 aliphatic carbocycles. The number of nitro benzene ring substituents is 1. The molecular formula is C13H19BrN2O2. The Balaban J connectivity index is 2.51. The second kappa shape index (κ2) is 6.29. The summed E-state index contributed by atoms with van der Waals surface area (Å²) in [6.45, 7) is 8.27. The Morgan fingerprint density at radius 1 is 1.39 bits per heavy atom. The summed E-state index contributed by atoms with van der Waals surface area (Å²) in [6.07, 6.45) is 1.09. The summed E-state index contributed by atoms with van der Waals surface area (Å²) >= 11 is 3.36. The zero-order valence-electron chi connectivity index (χ0n) is 11.0. The van der Waals surface area contributed by atoms with Crippen molar-refractivity contribution >= 4 is 21.6 Å². The molecule has 0 unspecified atom stereocenters. The number of hydrogen-bond donors (Lipinski definition) is 1. The van der Waals surface area contributed by atoms with Crippen molar-refractivity contribution in [2.45, 2.75) is 33.7 Å². The molecule has 0 saturated carbocycles. The van der Waals surface area contributed by atoms with Gasteiger partial charge in [-0.2, -0.15) is 0 Å². The molecule has 18 heavy (non-hydrogen) atoms. The van der Waals surface area contributed by atoms with Crippen molar-refractivity contribution in [3.05, 3.63) is 38.3 Å². The van der Waals surface area contributed by atoms with Crippen molar-refractivity contribution in [1.82, 2.24) is 5.32 Å². The third-order valence-electron chi connectivity index (χ3n) is 2.61. The highest BCUT2D eigenvalue weighted by Crippen LogP contribution is 2.23. The summed E-state index contributed by atoms with van der Waals surface area (Å²) in [7, 11) is 0. The molecule has 0 heterocycles. The van der Waals surface area contributed by atoms with Crippen molar-refractivity contribution in [1.29, 1.82) is 0 Å². The summed E-state index contributed by atoms with van der Waals surface area (Å²) in [5.41, 5.74) is 1.47. The molecule has 1 aromatic carbocycles. The van der Waals surface area contributed by atoms with Crippen molar-refractivity contribution in [2.75, 3.05) is 6.54 Å². The Labute approximate surface area is 116 Å². The van der Waals surface area contributed by atoms with E-state index in [1.54, 1.807) is 12.1 Å². The first-order valence-electron chi connectivity index (χ1n) is 5.93. The van der Waals surface area contributed by atoms with Gasteiger partial charge in [0, 0.05) is 23.2 Å². The van der Waals surface area contributed by atoms with Crippen LogP contribution in [0.15, 0.2) is 22.7 Å². The van der Waals surface area contributed by atoms with E-state index in [4.69, 9.17) is 0 Å². The van der Waals surface area contributed by atoms with Crippen LogP contribution in [0.25, 0.3) is 0 Å². The van der Waals surface area contributed by atoms with Crippen LogP contribution in [-0.2, 0) is 6.54 Å². The van der Waals surface area contributed by atoms with Crippen LogP contribution >= 0.6 is 15.9 Å². The maximum Gasteiger partial charge on any atom is 0.270 e. The molecule has 0 spiro atoms. The molecule has 1 N–H and O–H groups in total. The second-order valence-corrected chi connectivity index (χ2v) is 6.37. The number of benzene rings is 1. The van der Waals surface area contributed by atoms with Gasteiger partial charge in [0.25, 0.3) is 5.69 Å². The van der Waals surface area contributed by atoms with Crippen molar-refractivity contribution in [2.24, 2.45) is 5.41 Å². The second-order valence-electron chi connectivity index (χ2n) is 5.52. The molecule has 0 radical (unpaired) electrons. The summed E-state index contributed by atoms with van der Waals surface area (Å²) in [4.78, 5) is 10.2. The summed E-state index contributed by atoms with van der Waals surface area (Å²) in [5.74, 6) is 0. The van der Waals surface area contributed by atoms with Crippen LogP contribution in [-0.4, -0.2) is 11.5 Å². The minimum Gasteiger partial charge on any atom is -0.313 e. The Bertz CT molecular complexity index is 427. The first-order valence-corrected chi connectivity index (χ1v) is 6.72. The molecule has 0 bridgehead atoms. The quantitative estimate of drug-likeness (QED) is 0.509. The van der Waals surface area contributed by atoms with Crippen molar-refractivity contribution < 1.29 is 4.92 Å². The SMILES string of the molecule is CC(C)(C)CCNCc1ccc([N+](=O)[O-])cc1Br. The molecule has 4 nitrogen and oxygen atoms in total. The number of rotatable bonds is 5. The van der Waals surface area contributed by atoms with Crippen molar-refractivity contribution in [3.63, 3.8) is 0 Å². The number of nitrogens with one attached hydrogen (secondary N) is 1. The van der Waals surface area contributed by atoms with Gasteiger partial charge in [-0.15, -0.1) is 0 Å². The molecule has 100 valence electrons. The van der Waals surface area contributed by atoms with E-state index < -0.39 is 0 Å². The third-order valence-corrected chi connectivity index (χ3v) is 3.35. The normalized spacial score (nSPS) is 11.6. The predicted octanol–water partition coefficient (Wildman–Crippen LogP) is 3.88. The Kier molecular flexibility index (Phi) is 5.28. The summed E-state index contributed by atoms with van der Waals surface area (Å²) in [6, 6.07) is 4.86. The molecule has 1 rings (SSSR count). The van der Waals surface area contributed by atoms with E-state index in [9.17, 15) is 10.1 Å². The number of nitro groups is 1. The zero-order chi connectivity index (χ0) is 13.8. The average molecular weight is 315 g/mol. The lowest BCUT2D eigenvalue weighted by molar-refractivity contribution is -0.384. The molecular weight excluding hydrogens is 296 g/mol. The topological polar surface area (TPSA) is 55.2 Å². The molecule has 0 fully saturated rings. The van der Waals surface area contributed by atoms with Crippen LogP contribution in [0.3, 0.4) is 0 Å². The molecule has 0 aliphatic rings. The average Bonchev–Trinajstić information content (AvgIpc) is 2.24. The molecule has 0 saturated heterocycles. The highest BCUT2D eigenvalue weighted by molar-refractivity contribution is 9.10. The molecule has 0 amide bonds. The van der Waals surface area contributed by atoms with E-state index in [2.05, 4.69) is 42.0 Å². The van der Waals surface area contributed by atoms with Gasteiger partial charge in [-0.25, -0.2) is 0 Å². The number of hydrogen-bond acceptors (Lipinski definition) is 3. The molecule has 0 aromatic heterocycles. The van der Waals surface area contributed by atoms with E-state index >= 15 is 0 Å². The lowest BCUT2D eigenvalue weighted by Gasteiger charge is -2.18. The first kappa shape index (κ1) is 15.1. The van der Waals surface area contributed by atoms with Gasteiger partial charge in [-0.05, 0) is 30.0 Å². The third kappa shape index (κ3) is 5.14. The van der Waals surface area contributed by atoms with E-state index in [-0.39, 0.29) is 10.6 Å². The van der Waals surface area contributed by atoms with Crippen LogP contribution in [0.5, 0.6) is 0 Å². The van der Waals surface area contributed by atoms with Gasteiger partial charge in [0.05, 0.1) is 4.92 Å². The summed E-state index contributed by atoms with van der Waals surface area (Å²) in [5, 5.41) is 14.0. The number of nitrogens with zero attached hydrogens (tertiary/aromatic N) is 1. The minimum atomic E-state index is -0.387. The Hall–Kier alpha value is -0.940. The van der Waals surface area contributed by atoms with Crippen molar-refractivity contribution in [3.8, 4) is 0 Å². The highest BCUT2D eigenvalue weighted by atomic mass is 79.9. The maximum absolute atomic E-state index is 10.6. The van der Waals surface area contributed by atoms with Gasteiger partial charge in [-0.1, -0.05) is 36.7 Å². The smallest absolute Gasteiger partial charge is 0.270 e. The van der Waals surface area contributed by atoms with Crippen LogP contribution in [0.1, 0.15) is 32.8 Å². The van der Waals surface area contributed by atoms with E-state index in [1.807, 2.05) is 0 Å². The predicted molar refractivity (Wildman–Crippen MR) is 76.6 cm³/mol. The lowest BCUT2D eigenvalue weighted by Crippen LogP contribution is -2.20. The maximum atomic E-state index is 10.6.